The molecule has 1 N–H and O–H groups in total. The first kappa shape index (κ1) is 11.1. The summed E-state index contributed by atoms with van der Waals surface area (Å²) in [4.78, 5) is 14.9. The van der Waals surface area contributed by atoms with Gasteiger partial charge in [-0.1, -0.05) is 25.3 Å². The summed E-state index contributed by atoms with van der Waals surface area (Å²) in [5.74, 6) is -0.351. The maximum Gasteiger partial charge on any atom is 0.354 e. The molecule has 86 valence electrons. The maximum absolute atomic E-state index is 10.8. The highest BCUT2D eigenvalue weighted by Gasteiger charge is 2.17. The Morgan fingerprint density at radius 1 is 1.38 bits per heavy atom. The molecule has 0 saturated heterocycles. The highest BCUT2D eigenvalue weighted by atomic mass is 16.4. The Kier molecular flexibility index (Phi) is 3.22. The highest BCUT2D eigenvalue weighted by molar-refractivity contribution is 5.86. The number of aromatic nitrogens is 1. The van der Waals surface area contributed by atoms with Crippen molar-refractivity contribution in [2.75, 3.05) is 0 Å². The van der Waals surface area contributed by atoms with Crippen LogP contribution < -0.4 is 0 Å². The van der Waals surface area contributed by atoms with Crippen LogP contribution in [0.25, 0.3) is 0 Å². The van der Waals surface area contributed by atoms with Crippen LogP contribution in [0, 0.1) is 6.92 Å². The molecule has 0 amide bonds. The lowest BCUT2D eigenvalue weighted by molar-refractivity contribution is 0.0689. The molecule has 2 rings (SSSR count). The molecule has 3 nitrogen and oxygen atoms in total. The van der Waals surface area contributed by atoms with E-state index < -0.39 is 5.97 Å². The molecular weight excluding hydrogens is 202 g/mol. The minimum atomic E-state index is -0.937. The van der Waals surface area contributed by atoms with Crippen molar-refractivity contribution >= 4 is 5.97 Å². The Morgan fingerprint density at radius 2 is 2.06 bits per heavy atom. The minimum Gasteiger partial charge on any atom is -0.477 e. The smallest absolute Gasteiger partial charge is 0.354 e. The van der Waals surface area contributed by atoms with Gasteiger partial charge < -0.3 is 5.11 Å². The molecular formula is C13H17NO2. The van der Waals surface area contributed by atoms with Gasteiger partial charge in [0.1, 0.15) is 0 Å². The van der Waals surface area contributed by atoms with Gasteiger partial charge in [-0.15, -0.1) is 0 Å². The van der Waals surface area contributed by atoms with Gasteiger partial charge in [-0.2, -0.15) is 0 Å². The lowest BCUT2D eigenvalue weighted by atomic mass is 9.84. The summed E-state index contributed by atoms with van der Waals surface area (Å²) in [7, 11) is 0. The summed E-state index contributed by atoms with van der Waals surface area (Å²) in [6, 6.07) is 1.99. The van der Waals surface area contributed by atoms with Crippen LogP contribution in [0.5, 0.6) is 0 Å². The second-order valence-corrected chi connectivity index (χ2v) is 4.57. The first-order chi connectivity index (χ1) is 7.68. The van der Waals surface area contributed by atoms with E-state index in [0.29, 0.717) is 5.92 Å². The molecule has 1 aliphatic carbocycles. The van der Waals surface area contributed by atoms with Gasteiger partial charge in [-0.25, -0.2) is 9.78 Å². The molecule has 0 radical (unpaired) electrons. The number of rotatable bonds is 2. The van der Waals surface area contributed by atoms with E-state index in [0.717, 1.165) is 5.56 Å². The molecule has 1 fully saturated rings. The first-order valence-corrected chi connectivity index (χ1v) is 5.88. The van der Waals surface area contributed by atoms with Crippen LogP contribution in [0.3, 0.4) is 0 Å². The number of pyridine rings is 1. The normalized spacial score (nSPS) is 17.3. The fourth-order valence-corrected chi connectivity index (χ4v) is 2.48. The van der Waals surface area contributed by atoms with E-state index in [1.54, 1.807) is 6.20 Å². The second kappa shape index (κ2) is 4.64. The average Bonchev–Trinajstić information content (AvgIpc) is 2.29. The number of aryl methyl sites for hydroxylation is 1. The zero-order chi connectivity index (χ0) is 11.5. The van der Waals surface area contributed by atoms with E-state index in [-0.39, 0.29) is 5.69 Å². The number of carboxylic acids is 1. The molecule has 0 spiro atoms. The third-order valence-electron chi connectivity index (χ3n) is 3.38. The predicted molar refractivity (Wildman–Crippen MR) is 61.8 cm³/mol. The lowest BCUT2D eigenvalue weighted by Crippen LogP contribution is -2.08. The summed E-state index contributed by atoms with van der Waals surface area (Å²) in [6.45, 7) is 1.82. The molecule has 1 aromatic heterocycles. The molecule has 3 heteroatoms. The quantitative estimate of drug-likeness (QED) is 0.831. The largest absolute Gasteiger partial charge is 0.477 e. The third-order valence-corrected chi connectivity index (χ3v) is 3.38. The van der Waals surface area contributed by atoms with Gasteiger partial charge in [0, 0.05) is 6.20 Å². The molecule has 1 aromatic rings. The van der Waals surface area contributed by atoms with E-state index in [1.807, 2.05) is 13.0 Å². The molecule has 1 saturated carbocycles. The first-order valence-electron chi connectivity index (χ1n) is 5.88. The van der Waals surface area contributed by atoms with Gasteiger partial charge in [0.15, 0.2) is 5.69 Å². The van der Waals surface area contributed by atoms with Crippen LogP contribution in [0.4, 0.5) is 0 Å². The summed E-state index contributed by atoms with van der Waals surface area (Å²) in [6.07, 6.45) is 8.07. The molecule has 0 aliphatic heterocycles. The number of hydrogen-bond acceptors (Lipinski definition) is 2. The average molecular weight is 219 g/mol. The Hall–Kier alpha value is -1.38. The molecule has 16 heavy (non-hydrogen) atoms. The lowest BCUT2D eigenvalue weighted by Gasteiger charge is -2.22. The number of carboxylic acid groups (broad SMARTS) is 1. The second-order valence-electron chi connectivity index (χ2n) is 4.57. The van der Waals surface area contributed by atoms with Crippen LogP contribution in [0.2, 0.25) is 0 Å². The molecule has 0 atom stereocenters. The topological polar surface area (TPSA) is 50.2 Å². The van der Waals surface area contributed by atoms with Crippen LogP contribution in [0.15, 0.2) is 12.3 Å². The van der Waals surface area contributed by atoms with Crippen LogP contribution >= 0.6 is 0 Å². The molecule has 0 unspecified atom stereocenters. The molecule has 1 aliphatic rings. The number of nitrogens with zero attached hydrogens (tertiary/aromatic N) is 1. The summed E-state index contributed by atoms with van der Waals surface area (Å²) in [5.41, 5.74) is 2.16. The third kappa shape index (κ3) is 2.23. The van der Waals surface area contributed by atoms with Crippen LogP contribution in [0.1, 0.15) is 59.6 Å². The van der Waals surface area contributed by atoms with Crippen molar-refractivity contribution in [2.45, 2.75) is 44.9 Å². The zero-order valence-corrected chi connectivity index (χ0v) is 9.57. The van der Waals surface area contributed by atoms with Crippen molar-refractivity contribution in [2.24, 2.45) is 0 Å². The van der Waals surface area contributed by atoms with Gasteiger partial charge in [-0.3, -0.25) is 0 Å². The Morgan fingerprint density at radius 3 is 2.62 bits per heavy atom. The Labute approximate surface area is 95.5 Å². The van der Waals surface area contributed by atoms with Gasteiger partial charge in [0.05, 0.1) is 0 Å². The summed E-state index contributed by atoms with van der Waals surface area (Å²) in [5, 5.41) is 8.90. The van der Waals surface area contributed by atoms with Gasteiger partial charge in [0.2, 0.25) is 0 Å². The monoisotopic (exact) mass is 219 g/mol. The Bertz CT molecular complexity index is 395. The standard InChI is InChI=1S/C13H17NO2/c1-9-7-11(8-14-12(9)13(15)16)10-5-3-2-4-6-10/h7-8,10H,2-6H2,1H3,(H,15,16). The number of carbonyl (C=O) groups is 1. The van der Waals surface area contributed by atoms with Gasteiger partial charge in [-0.05, 0) is 36.8 Å². The fraction of sp³-hybridized carbons (Fsp3) is 0.538. The van der Waals surface area contributed by atoms with E-state index in [1.165, 1.54) is 37.7 Å². The Balaban J connectivity index is 2.23. The molecule has 0 bridgehead atoms. The van der Waals surface area contributed by atoms with Gasteiger partial charge >= 0.3 is 5.97 Å². The van der Waals surface area contributed by atoms with E-state index in [2.05, 4.69) is 4.98 Å². The van der Waals surface area contributed by atoms with Gasteiger partial charge in [0.25, 0.3) is 0 Å². The minimum absolute atomic E-state index is 0.180. The molecule has 0 aromatic carbocycles. The highest BCUT2D eigenvalue weighted by Crippen LogP contribution is 2.32. The number of hydrogen-bond donors (Lipinski definition) is 1. The van der Waals surface area contributed by atoms with Crippen molar-refractivity contribution in [3.63, 3.8) is 0 Å². The number of aromatic carboxylic acids is 1. The van der Waals surface area contributed by atoms with E-state index >= 15 is 0 Å². The van der Waals surface area contributed by atoms with Crippen LogP contribution in [-0.2, 0) is 0 Å². The fourth-order valence-electron chi connectivity index (χ4n) is 2.48. The van der Waals surface area contributed by atoms with Crippen LogP contribution in [-0.4, -0.2) is 16.1 Å². The van der Waals surface area contributed by atoms with Crippen molar-refractivity contribution in [1.29, 1.82) is 0 Å². The van der Waals surface area contributed by atoms with Crippen molar-refractivity contribution in [3.05, 3.63) is 29.1 Å². The zero-order valence-electron chi connectivity index (χ0n) is 9.57. The summed E-state index contributed by atoms with van der Waals surface area (Å²) < 4.78 is 0. The molecule has 1 heterocycles. The van der Waals surface area contributed by atoms with E-state index in [4.69, 9.17) is 5.11 Å². The van der Waals surface area contributed by atoms with E-state index in [9.17, 15) is 4.79 Å². The summed E-state index contributed by atoms with van der Waals surface area (Å²) >= 11 is 0. The maximum atomic E-state index is 10.8. The van der Waals surface area contributed by atoms with Crippen molar-refractivity contribution in [1.82, 2.24) is 4.98 Å². The van der Waals surface area contributed by atoms with Crippen molar-refractivity contribution in [3.8, 4) is 0 Å². The van der Waals surface area contributed by atoms with Crippen molar-refractivity contribution < 1.29 is 9.90 Å². The predicted octanol–water partition coefficient (Wildman–Crippen LogP) is 3.14. The SMILES string of the molecule is Cc1cc(C2CCCCC2)cnc1C(=O)O.